The molecular formula is C23H20N4O3. The minimum atomic E-state index is -0.399. The number of hydrogen-bond donors (Lipinski definition) is 1. The predicted molar refractivity (Wildman–Crippen MR) is 114 cm³/mol. The molecule has 0 fully saturated rings. The minimum Gasteiger partial charge on any atom is -0.497 e. The van der Waals surface area contributed by atoms with Crippen LogP contribution in [0.5, 0.6) is 11.5 Å². The number of carbonyl (C=O) groups is 1. The van der Waals surface area contributed by atoms with Gasteiger partial charge in [0.25, 0.3) is 5.91 Å². The van der Waals surface area contributed by atoms with Gasteiger partial charge in [-0.3, -0.25) is 4.79 Å². The summed E-state index contributed by atoms with van der Waals surface area (Å²) in [4.78, 5) is 17.3. The summed E-state index contributed by atoms with van der Waals surface area (Å²) in [6, 6.07) is 24.1. The number of rotatable bonds is 6. The molecule has 0 saturated carbocycles. The average Bonchev–Trinajstić information content (AvgIpc) is 3.26. The maximum absolute atomic E-state index is 12.8. The number of anilines is 1. The third kappa shape index (κ3) is 4.00. The van der Waals surface area contributed by atoms with Crippen LogP contribution >= 0.6 is 0 Å². The van der Waals surface area contributed by atoms with E-state index in [0.717, 1.165) is 17.0 Å². The number of para-hydroxylation sites is 1. The Morgan fingerprint density at radius 1 is 0.833 bits per heavy atom. The van der Waals surface area contributed by atoms with Crippen LogP contribution < -0.4 is 14.8 Å². The van der Waals surface area contributed by atoms with Crippen molar-refractivity contribution in [1.29, 1.82) is 0 Å². The van der Waals surface area contributed by atoms with E-state index in [9.17, 15) is 4.79 Å². The first-order valence-corrected chi connectivity index (χ1v) is 9.30. The highest BCUT2D eigenvalue weighted by atomic mass is 16.5. The second-order valence-electron chi connectivity index (χ2n) is 6.42. The van der Waals surface area contributed by atoms with Crippen LogP contribution in [0.25, 0.3) is 17.1 Å². The van der Waals surface area contributed by atoms with Crippen molar-refractivity contribution >= 4 is 11.6 Å². The third-order valence-corrected chi connectivity index (χ3v) is 4.51. The molecule has 1 heterocycles. The number of amides is 1. The van der Waals surface area contributed by atoms with Gasteiger partial charge < -0.3 is 14.8 Å². The van der Waals surface area contributed by atoms with E-state index in [0.29, 0.717) is 17.3 Å². The van der Waals surface area contributed by atoms with E-state index < -0.39 is 5.91 Å². The summed E-state index contributed by atoms with van der Waals surface area (Å²) >= 11 is 0. The summed E-state index contributed by atoms with van der Waals surface area (Å²) in [5.41, 5.74) is 2.25. The van der Waals surface area contributed by atoms with E-state index in [-0.39, 0.29) is 5.82 Å². The summed E-state index contributed by atoms with van der Waals surface area (Å²) in [7, 11) is 3.21. The molecule has 3 aromatic carbocycles. The van der Waals surface area contributed by atoms with Crippen LogP contribution in [0.1, 0.15) is 10.6 Å². The normalized spacial score (nSPS) is 10.5. The van der Waals surface area contributed by atoms with Gasteiger partial charge in [-0.25, -0.2) is 9.67 Å². The average molecular weight is 400 g/mol. The van der Waals surface area contributed by atoms with E-state index in [1.165, 1.54) is 0 Å². The van der Waals surface area contributed by atoms with Crippen LogP contribution in [0.2, 0.25) is 0 Å². The van der Waals surface area contributed by atoms with Gasteiger partial charge in [0.2, 0.25) is 5.82 Å². The summed E-state index contributed by atoms with van der Waals surface area (Å²) < 4.78 is 12.0. The molecule has 0 spiro atoms. The Kier molecular flexibility index (Phi) is 5.43. The molecule has 150 valence electrons. The number of nitrogens with one attached hydrogen (secondary N) is 1. The number of aromatic nitrogens is 3. The summed E-state index contributed by atoms with van der Waals surface area (Å²) in [5.74, 6) is 1.68. The van der Waals surface area contributed by atoms with Crippen LogP contribution in [0.15, 0.2) is 78.9 Å². The zero-order chi connectivity index (χ0) is 20.9. The number of methoxy groups -OCH3 is 2. The lowest BCUT2D eigenvalue weighted by atomic mass is 10.2. The molecule has 0 bridgehead atoms. The number of hydrogen-bond acceptors (Lipinski definition) is 5. The Hall–Kier alpha value is -4.13. The molecule has 0 aliphatic heterocycles. The molecule has 4 aromatic rings. The first-order valence-electron chi connectivity index (χ1n) is 9.30. The number of nitrogens with zero attached hydrogens (tertiary/aromatic N) is 3. The van der Waals surface area contributed by atoms with Gasteiger partial charge in [-0.05, 0) is 60.7 Å². The standard InChI is InChI=1S/C23H20N4O3/c1-29-19-12-8-16(9-13-19)22-25-21(26-27(22)18-6-4-3-5-7-18)23(28)24-17-10-14-20(30-2)15-11-17/h3-15H,1-2H3,(H,24,28). The molecule has 1 N–H and O–H groups in total. The first kappa shape index (κ1) is 19.2. The van der Waals surface area contributed by atoms with Crippen molar-refractivity contribution in [2.45, 2.75) is 0 Å². The van der Waals surface area contributed by atoms with Crippen molar-refractivity contribution in [3.8, 4) is 28.6 Å². The molecule has 7 nitrogen and oxygen atoms in total. The Labute approximate surface area is 173 Å². The highest BCUT2D eigenvalue weighted by Gasteiger charge is 2.19. The van der Waals surface area contributed by atoms with Gasteiger partial charge in [0.05, 0.1) is 19.9 Å². The van der Waals surface area contributed by atoms with Gasteiger partial charge in [0, 0.05) is 11.3 Å². The quantitative estimate of drug-likeness (QED) is 0.525. The fourth-order valence-electron chi connectivity index (χ4n) is 2.95. The van der Waals surface area contributed by atoms with E-state index in [2.05, 4.69) is 15.4 Å². The van der Waals surface area contributed by atoms with Gasteiger partial charge >= 0.3 is 0 Å². The smallest absolute Gasteiger partial charge is 0.295 e. The monoisotopic (exact) mass is 400 g/mol. The van der Waals surface area contributed by atoms with E-state index in [4.69, 9.17) is 9.47 Å². The van der Waals surface area contributed by atoms with Crippen molar-refractivity contribution in [2.75, 3.05) is 19.5 Å². The van der Waals surface area contributed by atoms with E-state index >= 15 is 0 Å². The summed E-state index contributed by atoms with van der Waals surface area (Å²) in [6.45, 7) is 0. The number of ether oxygens (including phenoxy) is 2. The number of benzene rings is 3. The fraction of sp³-hybridized carbons (Fsp3) is 0.0870. The van der Waals surface area contributed by atoms with Gasteiger partial charge in [-0.2, -0.15) is 0 Å². The maximum Gasteiger partial charge on any atom is 0.295 e. The SMILES string of the molecule is COc1ccc(NC(=O)c2nc(-c3ccc(OC)cc3)n(-c3ccccc3)n2)cc1. The van der Waals surface area contributed by atoms with Crippen LogP contribution in [0.4, 0.5) is 5.69 Å². The van der Waals surface area contributed by atoms with Crippen molar-refractivity contribution in [1.82, 2.24) is 14.8 Å². The third-order valence-electron chi connectivity index (χ3n) is 4.51. The molecular weight excluding hydrogens is 380 g/mol. The van der Waals surface area contributed by atoms with Crippen molar-refractivity contribution in [2.24, 2.45) is 0 Å². The van der Waals surface area contributed by atoms with Crippen LogP contribution in [-0.2, 0) is 0 Å². The molecule has 0 saturated heterocycles. The Morgan fingerprint density at radius 2 is 1.43 bits per heavy atom. The lowest BCUT2D eigenvalue weighted by Crippen LogP contribution is -2.14. The molecule has 0 aliphatic carbocycles. The summed E-state index contributed by atoms with van der Waals surface area (Å²) in [5, 5.41) is 7.29. The first-order chi connectivity index (χ1) is 14.7. The Bertz CT molecular complexity index is 1140. The highest BCUT2D eigenvalue weighted by molar-refractivity contribution is 6.01. The lowest BCUT2D eigenvalue weighted by Gasteiger charge is -2.06. The zero-order valence-electron chi connectivity index (χ0n) is 16.6. The second kappa shape index (κ2) is 8.48. The van der Waals surface area contributed by atoms with Crippen LogP contribution in [0.3, 0.4) is 0 Å². The van der Waals surface area contributed by atoms with Crippen LogP contribution in [0, 0.1) is 0 Å². The topological polar surface area (TPSA) is 78.3 Å². The molecule has 30 heavy (non-hydrogen) atoms. The van der Waals surface area contributed by atoms with Gasteiger partial charge in [-0.15, -0.1) is 5.10 Å². The molecule has 0 unspecified atom stereocenters. The van der Waals surface area contributed by atoms with Gasteiger partial charge in [0.15, 0.2) is 5.82 Å². The van der Waals surface area contributed by atoms with Crippen molar-refractivity contribution in [3.63, 3.8) is 0 Å². The molecule has 0 aliphatic rings. The van der Waals surface area contributed by atoms with Crippen LogP contribution in [-0.4, -0.2) is 34.9 Å². The second-order valence-corrected chi connectivity index (χ2v) is 6.42. The van der Waals surface area contributed by atoms with Crippen molar-refractivity contribution in [3.05, 3.63) is 84.7 Å². The van der Waals surface area contributed by atoms with E-state index in [1.807, 2.05) is 54.6 Å². The lowest BCUT2D eigenvalue weighted by molar-refractivity contribution is 0.101. The maximum atomic E-state index is 12.8. The number of carbonyl (C=O) groups excluding carboxylic acids is 1. The molecule has 1 amide bonds. The molecule has 0 atom stereocenters. The minimum absolute atomic E-state index is 0.0699. The van der Waals surface area contributed by atoms with Gasteiger partial charge in [-0.1, -0.05) is 18.2 Å². The fourth-order valence-corrected chi connectivity index (χ4v) is 2.95. The largest absolute Gasteiger partial charge is 0.497 e. The molecule has 4 rings (SSSR count). The van der Waals surface area contributed by atoms with Gasteiger partial charge in [0.1, 0.15) is 11.5 Å². The Balaban J connectivity index is 1.69. The summed E-state index contributed by atoms with van der Waals surface area (Å²) in [6.07, 6.45) is 0. The Morgan fingerprint density at radius 3 is 2.03 bits per heavy atom. The molecule has 0 radical (unpaired) electrons. The molecule has 1 aromatic heterocycles. The molecule has 7 heteroatoms. The predicted octanol–water partition coefficient (Wildman–Crippen LogP) is 4.20. The highest BCUT2D eigenvalue weighted by Crippen LogP contribution is 2.24. The van der Waals surface area contributed by atoms with E-state index in [1.54, 1.807) is 43.2 Å². The van der Waals surface area contributed by atoms with Crippen molar-refractivity contribution < 1.29 is 14.3 Å². The zero-order valence-corrected chi connectivity index (χ0v) is 16.6.